The molecular formula is C30H32N2O6. The van der Waals surface area contributed by atoms with E-state index in [1.165, 1.54) is 19.1 Å². The molecule has 0 bridgehead atoms. The lowest BCUT2D eigenvalue weighted by molar-refractivity contribution is -0.140. The van der Waals surface area contributed by atoms with Crippen molar-refractivity contribution >= 4 is 17.4 Å². The van der Waals surface area contributed by atoms with Crippen LogP contribution in [0.5, 0.6) is 17.2 Å². The van der Waals surface area contributed by atoms with E-state index >= 15 is 0 Å². The Morgan fingerprint density at radius 3 is 2.45 bits per heavy atom. The number of carbonyl (C=O) groups excluding carboxylic acids is 2. The van der Waals surface area contributed by atoms with E-state index in [0.29, 0.717) is 35.0 Å². The molecule has 3 aromatic rings. The summed E-state index contributed by atoms with van der Waals surface area (Å²) < 4.78 is 16.7. The molecule has 0 saturated carbocycles. The van der Waals surface area contributed by atoms with Crippen molar-refractivity contribution < 1.29 is 28.9 Å². The Hall–Kier alpha value is -4.33. The number of aliphatic hydroxyl groups is 1. The van der Waals surface area contributed by atoms with Crippen molar-refractivity contribution in [2.45, 2.75) is 39.3 Å². The van der Waals surface area contributed by atoms with Gasteiger partial charge in [-0.2, -0.15) is 0 Å². The smallest absolute Gasteiger partial charge is 0.295 e. The maximum absolute atomic E-state index is 13.4. The number of aliphatic hydroxyl groups excluding tert-OH is 1. The highest BCUT2D eigenvalue weighted by molar-refractivity contribution is 6.46. The number of Topliss-reactive ketones (excluding diaryl/α,β-unsaturated/α-hetero) is 1. The van der Waals surface area contributed by atoms with E-state index in [-0.39, 0.29) is 17.9 Å². The van der Waals surface area contributed by atoms with Gasteiger partial charge in [0.05, 0.1) is 32.4 Å². The fourth-order valence-electron chi connectivity index (χ4n) is 4.54. The Morgan fingerprint density at radius 2 is 1.79 bits per heavy atom. The third kappa shape index (κ3) is 5.34. The van der Waals surface area contributed by atoms with Crippen LogP contribution in [0.3, 0.4) is 0 Å². The van der Waals surface area contributed by atoms with E-state index in [0.717, 1.165) is 24.0 Å². The Morgan fingerprint density at radius 1 is 1.03 bits per heavy atom. The van der Waals surface area contributed by atoms with Crippen LogP contribution in [-0.4, -0.2) is 47.5 Å². The van der Waals surface area contributed by atoms with Crippen molar-refractivity contribution in [3.63, 3.8) is 0 Å². The first-order valence-electron chi connectivity index (χ1n) is 12.5. The predicted octanol–water partition coefficient (Wildman–Crippen LogP) is 5.21. The fourth-order valence-corrected chi connectivity index (χ4v) is 4.54. The third-order valence-corrected chi connectivity index (χ3v) is 6.54. The molecule has 1 atom stereocenters. The largest absolute Gasteiger partial charge is 0.507 e. The van der Waals surface area contributed by atoms with Crippen LogP contribution in [0, 0.1) is 6.92 Å². The summed E-state index contributed by atoms with van der Waals surface area (Å²) in [5.41, 5.74) is 2.60. The zero-order valence-corrected chi connectivity index (χ0v) is 22.1. The second-order valence-corrected chi connectivity index (χ2v) is 9.08. The van der Waals surface area contributed by atoms with E-state index in [2.05, 4.69) is 11.9 Å². The van der Waals surface area contributed by atoms with E-state index < -0.39 is 17.7 Å². The number of carbonyl (C=O) groups is 2. The number of nitrogens with zero attached hydrogens (tertiary/aromatic N) is 2. The number of ether oxygens (including phenoxy) is 3. The Labute approximate surface area is 222 Å². The zero-order chi connectivity index (χ0) is 27.2. The molecule has 38 heavy (non-hydrogen) atoms. The topological polar surface area (TPSA) is 98.2 Å². The number of rotatable bonds is 10. The molecule has 1 N–H and O–H groups in total. The number of hydrogen-bond donors (Lipinski definition) is 1. The van der Waals surface area contributed by atoms with E-state index in [4.69, 9.17) is 14.2 Å². The summed E-state index contributed by atoms with van der Waals surface area (Å²) in [7, 11) is 3.05. The molecule has 1 saturated heterocycles. The van der Waals surface area contributed by atoms with Crippen LogP contribution in [-0.2, 0) is 16.1 Å². The Bertz CT molecular complexity index is 1350. The maximum Gasteiger partial charge on any atom is 0.295 e. The van der Waals surface area contributed by atoms with Gasteiger partial charge in [-0.1, -0.05) is 25.5 Å². The maximum atomic E-state index is 13.4. The molecule has 1 aromatic heterocycles. The number of aromatic nitrogens is 1. The quantitative estimate of drug-likeness (QED) is 0.171. The SMILES string of the molecule is CCCCOc1ccc(C(O)=C2C(=O)C(=O)N(Cc3cccnc3)[C@@H]2c2ccc(OC)c(OC)c2)cc1C. The molecule has 198 valence electrons. The molecule has 1 fully saturated rings. The summed E-state index contributed by atoms with van der Waals surface area (Å²) in [5, 5.41) is 11.5. The number of unbranched alkanes of at least 4 members (excludes halogenated alkanes) is 1. The average molecular weight is 517 g/mol. The monoisotopic (exact) mass is 516 g/mol. The molecule has 8 nitrogen and oxygen atoms in total. The van der Waals surface area contributed by atoms with Crippen molar-refractivity contribution in [1.29, 1.82) is 0 Å². The molecule has 0 radical (unpaired) electrons. The van der Waals surface area contributed by atoms with Crippen molar-refractivity contribution in [2.75, 3.05) is 20.8 Å². The fraction of sp³-hybridized carbons (Fsp3) is 0.300. The van der Waals surface area contributed by atoms with E-state index in [9.17, 15) is 14.7 Å². The second kappa shape index (κ2) is 11.8. The highest BCUT2D eigenvalue weighted by Crippen LogP contribution is 2.43. The van der Waals surface area contributed by atoms with E-state index in [1.807, 2.05) is 13.0 Å². The van der Waals surface area contributed by atoms with Gasteiger partial charge in [0.1, 0.15) is 11.5 Å². The van der Waals surface area contributed by atoms with Crippen molar-refractivity contribution in [2.24, 2.45) is 0 Å². The molecular weight excluding hydrogens is 484 g/mol. The second-order valence-electron chi connectivity index (χ2n) is 9.08. The lowest BCUT2D eigenvalue weighted by atomic mass is 9.94. The van der Waals surface area contributed by atoms with Crippen LogP contribution in [0.15, 0.2) is 66.5 Å². The lowest BCUT2D eigenvalue weighted by Gasteiger charge is -2.26. The van der Waals surface area contributed by atoms with Gasteiger partial charge in [-0.05, 0) is 66.4 Å². The number of hydrogen-bond acceptors (Lipinski definition) is 7. The van der Waals surface area contributed by atoms with Gasteiger partial charge in [0.2, 0.25) is 0 Å². The summed E-state index contributed by atoms with van der Waals surface area (Å²) >= 11 is 0. The van der Waals surface area contributed by atoms with Gasteiger partial charge in [0, 0.05) is 24.5 Å². The first-order valence-corrected chi connectivity index (χ1v) is 12.5. The molecule has 0 aliphatic carbocycles. The van der Waals surface area contributed by atoms with Crippen LogP contribution in [0.25, 0.3) is 5.76 Å². The number of benzene rings is 2. The van der Waals surface area contributed by atoms with Gasteiger partial charge in [0.15, 0.2) is 11.5 Å². The first kappa shape index (κ1) is 26.7. The van der Waals surface area contributed by atoms with Crippen LogP contribution < -0.4 is 14.2 Å². The summed E-state index contributed by atoms with van der Waals surface area (Å²) in [4.78, 5) is 32.3. The molecule has 1 amide bonds. The highest BCUT2D eigenvalue weighted by Gasteiger charge is 2.46. The lowest BCUT2D eigenvalue weighted by Crippen LogP contribution is -2.29. The Balaban J connectivity index is 1.82. The highest BCUT2D eigenvalue weighted by atomic mass is 16.5. The summed E-state index contributed by atoms with van der Waals surface area (Å²) in [6, 6.07) is 13.2. The third-order valence-electron chi connectivity index (χ3n) is 6.54. The average Bonchev–Trinajstić information content (AvgIpc) is 3.18. The minimum atomic E-state index is -0.851. The standard InChI is InChI=1S/C30H32N2O6/c1-5-6-14-38-23-11-10-22(15-19(23)2)28(33)26-27(21-9-12-24(36-3)25(16-21)37-4)32(30(35)29(26)34)18-20-8-7-13-31-17-20/h7-13,15-17,27,33H,5-6,14,18H2,1-4H3/t27-/m1/s1. The molecule has 0 spiro atoms. The molecule has 2 aromatic carbocycles. The van der Waals surface area contributed by atoms with Crippen LogP contribution in [0.1, 0.15) is 48.1 Å². The van der Waals surface area contributed by atoms with Gasteiger partial charge >= 0.3 is 0 Å². The van der Waals surface area contributed by atoms with Crippen LogP contribution in [0.4, 0.5) is 0 Å². The molecule has 0 unspecified atom stereocenters. The van der Waals surface area contributed by atoms with Gasteiger partial charge in [-0.25, -0.2) is 0 Å². The number of aryl methyl sites for hydroxylation is 1. The number of ketones is 1. The molecule has 8 heteroatoms. The van der Waals surface area contributed by atoms with E-state index in [1.54, 1.807) is 54.9 Å². The molecule has 1 aliphatic heterocycles. The summed E-state index contributed by atoms with van der Waals surface area (Å²) in [6.07, 6.45) is 5.24. The Kier molecular flexibility index (Phi) is 8.31. The minimum Gasteiger partial charge on any atom is -0.507 e. The molecule has 2 heterocycles. The summed E-state index contributed by atoms with van der Waals surface area (Å²) in [6.45, 7) is 4.71. The molecule has 1 aliphatic rings. The minimum absolute atomic E-state index is 0.00478. The number of pyridine rings is 1. The number of amides is 1. The van der Waals surface area contributed by atoms with Gasteiger partial charge in [-0.15, -0.1) is 0 Å². The normalized spacial score (nSPS) is 16.5. The van der Waals surface area contributed by atoms with Crippen LogP contribution in [0.2, 0.25) is 0 Å². The molecule has 4 rings (SSSR count). The van der Waals surface area contributed by atoms with Gasteiger partial charge < -0.3 is 24.2 Å². The van der Waals surface area contributed by atoms with Crippen LogP contribution >= 0.6 is 0 Å². The summed E-state index contributed by atoms with van der Waals surface area (Å²) in [5.74, 6) is -0.0434. The zero-order valence-electron chi connectivity index (χ0n) is 22.1. The van der Waals surface area contributed by atoms with Crippen molar-refractivity contribution in [1.82, 2.24) is 9.88 Å². The number of likely N-dealkylation sites (tertiary alicyclic amines) is 1. The number of methoxy groups -OCH3 is 2. The van der Waals surface area contributed by atoms with Crippen molar-refractivity contribution in [3.05, 3.63) is 88.8 Å². The van der Waals surface area contributed by atoms with Crippen molar-refractivity contribution in [3.8, 4) is 17.2 Å². The predicted molar refractivity (Wildman–Crippen MR) is 143 cm³/mol. The first-order chi connectivity index (χ1) is 18.4. The van der Waals surface area contributed by atoms with Gasteiger partial charge in [-0.3, -0.25) is 14.6 Å². The van der Waals surface area contributed by atoms with Gasteiger partial charge in [0.25, 0.3) is 11.7 Å².